The summed E-state index contributed by atoms with van der Waals surface area (Å²) in [6.07, 6.45) is 9.44. The molecule has 0 atom stereocenters. The fraction of sp³-hybridized carbons (Fsp3) is 0.692. The van der Waals surface area contributed by atoms with Crippen LogP contribution in [0.2, 0.25) is 5.15 Å². The highest BCUT2D eigenvalue weighted by atomic mass is 35.5. The zero-order valence-electron chi connectivity index (χ0n) is 11.1. The molecule has 0 saturated heterocycles. The van der Waals surface area contributed by atoms with Gasteiger partial charge < -0.3 is 4.74 Å². The van der Waals surface area contributed by atoms with E-state index < -0.39 is 0 Å². The average molecular weight is 289 g/mol. The largest absolute Gasteiger partial charge is 0.478 e. The number of hydrogen-bond acceptors (Lipinski definition) is 4. The summed E-state index contributed by atoms with van der Waals surface area (Å²) in [6.45, 7) is 2.93. The lowest BCUT2D eigenvalue weighted by molar-refractivity contribution is 0.290. The van der Waals surface area contributed by atoms with E-state index in [1.807, 2.05) is 6.26 Å². The van der Waals surface area contributed by atoms with Crippen molar-refractivity contribution >= 4 is 23.4 Å². The quantitative estimate of drug-likeness (QED) is 0.288. The van der Waals surface area contributed by atoms with Crippen LogP contribution in [-0.2, 0) is 0 Å². The van der Waals surface area contributed by atoms with Crippen molar-refractivity contribution in [1.82, 2.24) is 9.97 Å². The van der Waals surface area contributed by atoms with Gasteiger partial charge in [0.1, 0.15) is 5.15 Å². The Hall–Kier alpha value is -0.480. The molecule has 1 aromatic heterocycles. The molecule has 0 amide bonds. The number of unbranched alkanes of at least 4 members (excludes halogenated alkanes) is 5. The maximum atomic E-state index is 5.88. The van der Waals surface area contributed by atoms with Gasteiger partial charge in [-0.15, -0.1) is 0 Å². The monoisotopic (exact) mass is 288 g/mol. The van der Waals surface area contributed by atoms with E-state index in [4.69, 9.17) is 16.3 Å². The summed E-state index contributed by atoms with van der Waals surface area (Å²) in [6, 6.07) is 1.67. The number of thioether (sulfide) groups is 1. The van der Waals surface area contributed by atoms with Gasteiger partial charge in [0.25, 0.3) is 0 Å². The van der Waals surface area contributed by atoms with E-state index in [-0.39, 0.29) is 0 Å². The van der Waals surface area contributed by atoms with Crippen molar-refractivity contribution in [1.29, 1.82) is 0 Å². The maximum absolute atomic E-state index is 5.88. The van der Waals surface area contributed by atoms with Crippen LogP contribution < -0.4 is 4.74 Å². The van der Waals surface area contributed by atoms with Crippen molar-refractivity contribution in [2.75, 3.05) is 12.9 Å². The van der Waals surface area contributed by atoms with E-state index >= 15 is 0 Å². The van der Waals surface area contributed by atoms with Crippen LogP contribution in [-0.4, -0.2) is 22.8 Å². The van der Waals surface area contributed by atoms with Gasteiger partial charge in [0.05, 0.1) is 6.61 Å². The Bertz CT molecular complexity index is 350. The molecule has 0 fully saturated rings. The van der Waals surface area contributed by atoms with Gasteiger partial charge in [-0.3, -0.25) is 0 Å². The maximum Gasteiger partial charge on any atom is 0.218 e. The fourth-order valence-corrected chi connectivity index (χ4v) is 2.20. The number of ether oxygens (including phenoxy) is 1. The number of hydrogen-bond donors (Lipinski definition) is 0. The third-order valence-corrected chi connectivity index (χ3v) is 3.32. The van der Waals surface area contributed by atoms with Gasteiger partial charge in [-0.2, -0.15) is 4.98 Å². The molecule has 1 rings (SSSR count). The zero-order valence-corrected chi connectivity index (χ0v) is 12.7. The van der Waals surface area contributed by atoms with Gasteiger partial charge in [-0.1, -0.05) is 62.4 Å². The van der Waals surface area contributed by atoms with E-state index in [0.717, 1.165) is 6.42 Å². The topological polar surface area (TPSA) is 35.0 Å². The molecule has 0 spiro atoms. The average Bonchev–Trinajstić information content (AvgIpc) is 2.37. The Morgan fingerprint density at radius 2 is 1.89 bits per heavy atom. The van der Waals surface area contributed by atoms with Crippen LogP contribution in [0.4, 0.5) is 0 Å². The molecule has 0 unspecified atom stereocenters. The summed E-state index contributed by atoms with van der Waals surface area (Å²) in [5, 5.41) is 1.09. The van der Waals surface area contributed by atoms with E-state index in [9.17, 15) is 0 Å². The van der Waals surface area contributed by atoms with Crippen LogP contribution in [0, 0.1) is 0 Å². The summed E-state index contributed by atoms with van der Waals surface area (Å²) in [7, 11) is 0. The zero-order chi connectivity index (χ0) is 13.2. The van der Waals surface area contributed by atoms with Crippen molar-refractivity contribution in [2.24, 2.45) is 0 Å². The van der Waals surface area contributed by atoms with Crippen LogP contribution in [0.5, 0.6) is 5.88 Å². The third kappa shape index (κ3) is 6.45. The number of rotatable bonds is 9. The Labute approximate surface area is 119 Å². The van der Waals surface area contributed by atoms with Crippen molar-refractivity contribution in [3.63, 3.8) is 0 Å². The van der Waals surface area contributed by atoms with Gasteiger partial charge >= 0.3 is 0 Å². The molecule has 1 aromatic rings. The smallest absolute Gasteiger partial charge is 0.218 e. The SMILES string of the molecule is CCCCCCCCOc1cc(Cl)nc(SC)n1. The van der Waals surface area contributed by atoms with E-state index in [2.05, 4.69) is 16.9 Å². The van der Waals surface area contributed by atoms with Crippen LogP contribution in [0.15, 0.2) is 11.2 Å². The molecule has 0 aliphatic carbocycles. The first kappa shape index (κ1) is 15.6. The highest BCUT2D eigenvalue weighted by molar-refractivity contribution is 7.98. The predicted octanol–water partition coefficient (Wildman–Crippen LogP) is 4.59. The van der Waals surface area contributed by atoms with Gasteiger partial charge in [0.2, 0.25) is 5.88 Å². The second-order valence-corrected chi connectivity index (χ2v) is 5.29. The number of aromatic nitrogens is 2. The van der Waals surface area contributed by atoms with Gasteiger partial charge in [-0.05, 0) is 12.7 Å². The highest BCUT2D eigenvalue weighted by Crippen LogP contribution is 2.19. The van der Waals surface area contributed by atoms with Gasteiger partial charge in [-0.25, -0.2) is 4.98 Å². The minimum absolute atomic E-state index is 0.437. The lowest BCUT2D eigenvalue weighted by Gasteiger charge is -2.06. The number of nitrogens with zero attached hydrogens (tertiary/aromatic N) is 2. The Morgan fingerprint density at radius 1 is 1.17 bits per heavy atom. The molecule has 102 valence electrons. The van der Waals surface area contributed by atoms with Crippen LogP contribution in [0.1, 0.15) is 45.4 Å². The molecule has 0 aromatic carbocycles. The minimum atomic E-state index is 0.437. The van der Waals surface area contributed by atoms with E-state index in [1.54, 1.807) is 6.07 Å². The summed E-state index contributed by atoms with van der Waals surface area (Å²) in [4.78, 5) is 8.31. The fourth-order valence-electron chi connectivity index (χ4n) is 1.60. The van der Waals surface area contributed by atoms with Crippen molar-refractivity contribution in [3.8, 4) is 5.88 Å². The molecule has 1 heterocycles. The molecule has 3 nitrogen and oxygen atoms in total. The molecular formula is C13H21ClN2OS. The van der Waals surface area contributed by atoms with Crippen LogP contribution in [0.3, 0.4) is 0 Å². The highest BCUT2D eigenvalue weighted by Gasteiger charge is 2.03. The van der Waals surface area contributed by atoms with Crippen LogP contribution in [0.25, 0.3) is 0 Å². The summed E-state index contributed by atoms with van der Waals surface area (Å²) < 4.78 is 5.59. The molecule has 5 heteroatoms. The molecule has 0 aliphatic heterocycles. The molecule has 18 heavy (non-hydrogen) atoms. The van der Waals surface area contributed by atoms with Gasteiger partial charge in [0.15, 0.2) is 5.16 Å². The Morgan fingerprint density at radius 3 is 2.61 bits per heavy atom. The lowest BCUT2D eigenvalue weighted by atomic mass is 10.1. The van der Waals surface area contributed by atoms with Crippen molar-refractivity contribution in [3.05, 3.63) is 11.2 Å². The molecule has 0 N–H and O–H groups in total. The second kappa shape index (κ2) is 9.45. The Balaban J connectivity index is 2.20. The normalized spacial score (nSPS) is 10.6. The molecule has 0 aliphatic rings. The Kier molecular flexibility index (Phi) is 8.18. The lowest BCUT2D eigenvalue weighted by Crippen LogP contribution is -2.00. The minimum Gasteiger partial charge on any atom is -0.478 e. The molecule has 0 bridgehead atoms. The first-order valence-electron chi connectivity index (χ1n) is 6.47. The predicted molar refractivity (Wildman–Crippen MR) is 77.7 cm³/mol. The van der Waals surface area contributed by atoms with Crippen molar-refractivity contribution < 1.29 is 4.74 Å². The van der Waals surface area contributed by atoms with Gasteiger partial charge in [0, 0.05) is 6.07 Å². The first-order chi connectivity index (χ1) is 8.76. The standard InChI is InChI=1S/C13H21ClN2OS/c1-3-4-5-6-7-8-9-17-12-10-11(14)15-13(16-12)18-2/h10H,3-9H2,1-2H3. The summed E-state index contributed by atoms with van der Waals surface area (Å²) in [5.41, 5.74) is 0. The molecule has 0 saturated carbocycles. The van der Waals surface area contributed by atoms with Crippen molar-refractivity contribution in [2.45, 2.75) is 50.6 Å². The van der Waals surface area contributed by atoms with E-state index in [0.29, 0.717) is 22.8 Å². The molecule has 0 radical (unpaired) electrons. The summed E-state index contributed by atoms with van der Waals surface area (Å²) >= 11 is 7.34. The number of halogens is 1. The second-order valence-electron chi connectivity index (χ2n) is 4.13. The third-order valence-electron chi connectivity index (χ3n) is 2.58. The van der Waals surface area contributed by atoms with Crippen LogP contribution >= 0.6 is 23.4 Å². The first-order valence-corrected chi connectivity index (χ1v) is 8.08. The molecular weight excluding hydrogens is 268 g/mol. The summed E-state index contributed by atoms with van der Waals surface area (Å²) in [5.74, 6) is 0.577. The van der Waals surface area contributed by atoms with E-state index in [1.165, 1.54) is 43.9 Å².